The molecule has 2 aliphatic heterocycles. The van der Waals surface area contributed by atoms with E-state index in [0.717, 1.165) is 19.5 Å². The molecule has 2 saturated heterocycles. The molecule has 10 nitrogen and oxygen atoms in total. The fraction of sp³-hybridized carbons (Fsp3) is 0.407. The maximum absolute atomic E-state index is 13.2. The van der Waals surface area contributed by atoms with Crippen LogP contribution in [-0.2, 0) is 14.3 Å². The van der Waals surface area contributed by atoms with E-state index in [2.05, 4.69) is 4.90 Å². The second-order valence-corrected chi connectivity index (χ2v) is 9.02. The summed E-state index contributed by atoms with van der Waals surface area (Å²) in [5.41, 5.74) is 0.503. The minimum Gasteiger partial charge on any atom is -0.507 e. The van der Waals surface area contributed by atoms with Gasteiger partial charge in [-0.3, -0.25) is 24.6 Å². The molecular weight excluding hydrogens is 478 g/mol. The number of aliphatic hydroxyl groups is 1. The fourth-order valence-corrected chi connectivity index (χ4v) is 4.64. The number of ether oxygens (including phenoxy) is 2. The van der Waals surface area contributed by atoms with Crippen molar-refractivity contribution in [3.05, 3.63) is 75.3 Å². The molecule has 1 amide bonds. The van der Waals surface area contributed by atoms with Crippen molar-refractivity contribution < 1.29 is 29.1 Å². The van der Waals surface area contributed by atoms with Gasteiger partial charge >= 0.3 is 0 Å². The Kier molecular flexibility index (Phi) is 8.52. The number of hydrogen-bond acceptors (Lipinski definition) is 8. The van der Waals surface area contributed by atoms with Crippen molar-refractivity contribution in [2.75, 3.05) is 46.0 Å². The molecule has 196 valence electrons. The van der Waals surface area contributed by atoms with E-state index in [0.29, 0.717) is 49.7 Å². The summed E-state index contributed by atoms with van der Waals surface area (Å²) in [7, 11) is 0. The molecule has 1 N–H and O–H groups in total. The van der Waals surface area contributed by atoms with Gasteiger partial charge in [-0.25, -0.2) is 0 Å². The molecule has 10 heteroatoms. The van der Waals surface area contributed by atoms with E-state index in [9.17, 15) is 24.8 Å². The molecule has 2 aliphatic rings. The third-order valence-electron chi connectivity index (χ3n) is 6.51. The van der Waals surface area contributed by atoms with Crippen LogP contribution in [0.25, 0.3) is 5.76 Å². The second kappa shape index (κ2) is 12.0. The molecule has 0 saturated carbocycles. The Morgan fingerprint density at radius 2 is 1.86 bits per heavy atom. The van der Waals surface area contributed by atoms with Crippen molar-refractivity contribution in [3.8, 4) is 5.75 Å². The van der Waals surface area contributed by atoms with Gasteiger partial charge in [-0.05, 0) is 42.7 Å². The van der Waals surface area contributed by atoms with Crippen LogP contribution in [0.3, 0.4) is 0 Å². The highest BCUT2D eigenvalue weighted by molar-refractivity contribution is 6.46. The predicted molar refractivity (Wildman–Crippen MR) is 136 cm³/mol. The average molecular weight is 510 g/mol. The lowest BCUT2D eigenvalue weighted by atomic mass is 9.95. The lowest BCUT2D eigenvalue weighted by Crippen LogP contribution is -2.39. The molecule has 0 aliphatic carbocycles. The number of non-ortho nitro benzene ring substituents is 1. The summed E-state index contributed by atoms with van der Waals surface area (Å²) in [6, 6.07) is 11.5. The number of likely N-dealkylation sites (tertiary alicyclic amines) is 1. The lowest BCUT2D eigenvalue weighted by Gasteiger charge is -2.29. The van der Waals surface area contributed by atoms with Crippen molar-refractivity contribution in [1.29, 1.82) is 0 Å². The molecule has 0 aromatic heterocycles. The largest absolute Gasteiger partial charge is 0.507 e. The first-order chi connectivity index (χ1) is 17.9. The Bertz CT molecular complexity index is 1170. The zero-order chi connectivity index (χ0) is 26.4. The maximum Gasteiger partial charge on any atom is 0.295 e. The van der Waals surface area contributed by atoms with Crippen molar-refractivity contribution in [1.82, 2.24) is 9.80 Å². The number of hydrogen-bond donors (Lipinski definition) is 1. The summed E-state index contributed by atoms with van der Waals surface area (Å²) >= 11 is 0. The fourth-order valence-electron chi connectivity index (χ4n) is 4.64. The summed E-state index contributed by atoms with van der Waals surface area (Å²) in [6.45, 7) is 6.42. The third kappa shape index (κ3) is 5.98. The van der Waals surface area contributed by atoms with Gasteiger partial charge in [-0.15, -0.1) is 0 Å². The van der Waals surface area contributed by atoms with Crippen LogP contribution < -0.4 is 4.74 Å². The van der Waals surface area contributed by atoms with Gasteiger partial charge < -0.3 is 19.5 Å². The molecule has 2 fully saturated rings. The average Bonchev–Trinajstić information content (AvgIpc) is 3.17. The summed E-state index contributed by atoms with van der Waals surface area (Å²) in [5, 5.41) is 22.7. The van der Waals surface area contributed by atoms with Crippen LogP contribution in [0.4, 0.5) is 5.69 Å². The van der Waals surface area contributed by atoms with Gasteiger partial charge in [0.15, 0.2) is 0 Å². The molecule has 0 spiro atoms. The number of carbonyl (C=O) groups excluding carboxylic acids is 2. The van der Waals surface area contributed by atoms with Gasteiger partial charge in [0, 0.05) is 43.9 Å². The maximum atomic E-state index is 13.2. The normalized spacial score (nSPS) is 19.8. The van der Waals surface area contributed by atoms with E-state index < -0.39 is 22.7 Å². The first-order valence-electron chi connectivity index (χ1n) is 12.5. The van der Waals surface area contributed by atoms with Crippen molar-refractivity contribution >= 4 is 23.1 Å². The summed E-state index contributed by atoms with van der Waals surface area (Å²) < 4.78 is 11.0. The number of aliphatic hydroxyl groups excluding tert-OH is 1. The van der Waals surface area contributed by atoms with Crippen LogP contribution in [0.5, 0.6) is 5.75 Å². The number of ketones is 1. The number of nitro benzene ring substituents is 1. The second-order valence-electron chi connectivity index (χ2n) is 9.02. The first-order valence-corrected chi connectivity index (χ1v) is 12.5. The molecule has 37 heavy (non-hydrogen) atoms. The smallest absolute Gasteiger partial charge is 0.295 e. The monoisotopic (exact) mass is 509 g/mol. The van der Waals surface area contributed by atoms with E-state index in [-0.39, 0.29) is 23.6 Å². The van der Waals surface area contributed by atoms with Gasteiger partial charge in [0.2, 0.25) is 0 Å². The number of nitro groups is 1. The summed E-state index contributed by atoms with van der Waals surface area (Å²) in [5.74, 6) is -1.25. The molecule has 4 rings (SSSR count). The first kappa shape index (κ1) is 26.3. The van der Waals surface area contributed by atoms with Gasteiger partial charge in [0.05, 0.1) is 36.4 Å². The van der Waals surface area contributed by atoms with Crippen LogP contribution in [0, 0.1) is 10.1 Å². The van der Waals surface area contributed by atoms with E-state index >= 15 is 0 Å². The number of amides is 1. The number of nitrogens with zero attached hydrogens (tertiary/aromatic N) is 3. The SMILES string of the molecule is CCCOc1ccc(C(O)=C2C(=O)C(=O)N(CCCN3CCOCC3)[C@@H]2c2cccc([N+](=O)[O-])c2)cc1. The number of benzene rings is 2. The Balaban J connectivity index is 1.67. The zero-order valence-electron chi connectivity index (χ0n) is 20.8. The third-order valence-corrected chi connectivity index (χ3v) is 6.51. The molecule has 2 aromatic rings. The Morgan fingerprint density at radius 3 is 2.54 bits per heavy atom. The van der Waals surface area contributed by atoms with Crippen LogP contribution in [0.15, 0.2) is 54.1 Å². The lowest BCUT2D eigenvalue weighted by molar-refractivity contribution is -0.384. The molecule has 0 unspecified atom stereocenters. The molecule has 1 atom stereocenters. The van der Waals surface area contributed by atoms with Crippen molar-refractivity contribution in [2.45, 2.75) is 25.8 Å². The van der Waals surface area contributed by atoms with Crippen LogP contribution in [-0.4, -0.2) is 77.5 Å². The van der Waals surface area contributed by atoms with E-state index in [1.165, 1.54) is 23.1 Å². The summed E-state index contributed by atoms with van der Waals surface area (Å²) in [6.07, 6.45) is 1.45. The standard InChI is InChI=1S/C27H31N3O7/c1-2-15-37-22-9-7-19(8-10-22)25(31)23-24(20-5-3-6-21(18-20)30(34)35)29(27(33)26(23)32)12-4-11-28-13-16-36-17-14-28/h3,5-10,18,24,31H,2,4,11-17H2,1H3/t24-/m1/s1. The summed E-state index contributed by atoms with van der Waals surface area (Å²) in [4.78, 5) is 40.9. The van der Waals surface area contributed by atoms with Gasteiger partial charge in [-0.1, -0.05) is 19.1 Å². The highest BCUT2D eigenvalue weighted by atomic mass is 16.6. The minimum atomic E-state index is -0.944. The number of morpholine rings is 1. The molecule has 0 radical (unpaired) electrons. The number of Topliss-reactive ketones (excluding diaryl/α,β-unsaturated/α-hetero) is 1. The Labute approximate surface area is 215 Å². The predicted octanol–water partition coefficient (Wildman–Crippen LogP) is 3.53. The topological polar surface area (TPSA) is 122 Å². The van der Waals surface area contributed by atoms with Crippen LogP contribution in [0.2, 0.25) is 0 Å². The minimum absolute atomic E-state index is 0.0842. The van der Waals surface area contributed by atoms with Crippen LogP contribution >= 0.6 is 0 Å². The number of rotatable bonds is 10. The molecule has 2 aromatic carbocycles. The van der Waals surface area contributed by atoms with Gasteiger partial charge in [0.1, 0.15) is 11.5 Å². The van der Waals surface area contributed by atoms with Crippen molar-refractivity contribution in [3.63, 3.8) is 0 Å². The molecular formula is C27H31N3O7. The highest BCUT2D eigenvalue weighted by Gasteiger charge is 2.46. The van der Waals surface area contributed by atoms with Crippen molar-refractivity contribution in [2.24, 2.45) is 0 Å². The quantitative estimate of drug-likeness (QED) is 0.170. The van der Waals surface area contributed by atoms with Gasteiger partial charge in [-0.2, -0.15) is 0 Å². The van der Waals surface area contributed by atoms with Crippen LogP contribution in [0.1, 0.15) is 36.9 Å². The molecule has 0 bridgehead atoms. The van der Waals surface area contributed by atoms with E-state index in [4.69, 9.17) is 9.47 Å². The van der Waals surface area contributed by atoms with E-state index in [1.54, 1.807) is 30.3 Å². The highest BCUT2D eigenvalue weighted by Crippen LogP contribution is 2.40. The van der Waals surface area contributed by atoms with Gasteiger partial charge in [0.25, 0.3) is 17.4 Å². The number of carbonyl (C=O) groups is 2. The Hall–Kier alpha value is -3.76. The molecule has 2 heterocycles. The Morgan fingerprint density at radius 1 is 1.14 bits per heavy atom. The van der Waals surface area contributed by atoms with E-state index in [1.807, 2.05) is 6.92 Å². The zero-order valence-corrected chi connectivity index (χ0v) is 20.8.